The van der Waals surface area contributed by atoms with Gasteiger partial charge in [0.2, 0.25) is 0 Å². The molecule has 0 saturated carbocycles. The molecule has 0 radical (unpaired) electrons. The minimum atomic E-state index is -0.174. The third kappa shape index (κ3) is 6.22. The van der Waals surface area contributed by atoms with Crippen LogP contribution in [0.25, 0.3) is 0 Å². The summed E-state index contributed by atoms with van der Waals surface area (Å²) < 4.78 is 4.95. The van der Waals surface area contributed by atoms with E-state index in [4.69, 9.17) is 4.74 Å². The van der Waals surface area contributed by atoms with E-state index in [0.717, 1.165) is 6.42 Å². The van der Waals surface area contributed by atoms with E-state index >= 15 is 0 Å². The van der Waals surface area contributed by atoms with E-state index in [-0.39, 0.29) is 17.2 Å². The number of amides is 2. The molecule has 0 unspecified atom stereocenters. The molecule has 0 heterocycles. The quantitative estimate of drug-likeness (QED) is 0.726. The maximum atomic E-state index is 12.4. The van der Waals surface area contributed by atoms with Gasteiger partial charge in [0.1, 0.15) is 0 Å². The van der Waals surface area contributed by atoms with Crippen LogP contribution in [-0.2, 0) is 10.2 Å². The number of hydrogen-bond donors (Lipinski definition) is 2. The Bertz CT molecular complexity index is 760. The zero-order valence-corrected chi connectivity index (χ0v) is 16.5. The summed E-state index contributed by atoms with van der Waals surface area (Å²) in [5, 5.41) is 5.69. The molecule has 0 bridgehead atoms. The third-order valence-corrected chi connectivity index (χ3v) is 4.23. The SMILES string of the molecule is COCCCNC(=O)c1ccc(NC(=O)c2ccc(C(C)(C)C)cc2)cc1. The molecule has 2 aromatic rings. The maximum absolute atomic E-state index is 12.4. The van der Waals surface area contributed by atoms with Gasteiger partial charge in [-0.1, -0.05) is 32.9 Å². The second-order valence-corrected chi connectivity index (χ2v) is 7.46. The average molecular weight is 368 g/mol. The predicted octanol–water partition coefficient (Wildman–Crippen LogP) is 4.00. The van der Waals surface area contributed by atoms with Crippen molar-refractivity contribution < 1.29 is 14.3 Å². The van der Waals surface area contributed by atoms with Gasteiger partial charge < -0.3 is 15.4 Å². The Morgan fingerprint density at radius 1 is 0.889 bits per heavy atom. The van der Waals surface area contributed by atoms with Crippen LogP contribution in [0.15, 0.2) is 48.5 Å². The molecule has 2 N–H and O–H groups in total. The fourth-order valence-electron chi connectivity index (χ4n) is 2.55. The van der Waals surface area contributed by atoms with Gasteiger partial charge in [0.05, 0.1) is 0 Å². The zero-order chi connectivity index (χ0) is 19.9. The van der Waals surface area contributed by atoms with Crippen molar-refractivity contribution in [3.8, 4) is 0 Å². The van der Waals surface area contributed by atoms with E-state index in [9.17, 15) is 9.59 Å². The monoisotopic (exact) mass is 368 g/mol. The van der Waals surface area contributed by atoms with Crippen molar-refractivity contribution in [1.29, 1.82) is 0 Å². The van der Waals surface area contributed by atoms with Gasteiger partial charge in [-0.15, -0.1) is 0 Å². The first kappa shape index (κ1) is 20.6. The first-order valence-corrected chi connectivity index (χ1v) is 9.10. The Hall–Kier alpha value is -2.66. The molecule has 0 aliphatic rings. The van der Waals surface area contributed by atoms with Crippen molar-refractivity contribution in [3.63, 3.8) is 0 Å². The van der Waals surface area contributed by atoms with Crippen LogP contribution in [0.2, 0.25) is 0 Å². The normalized spacial score (nSPS) is 11.1. The minimum Gasteiger partial charge on any atom is -0.385 e. The Morgan fingerprint density at radius 3 is 2.00 bits per heavy atom. The van der Waals surface area contributed by atoms with Crippen LogP contribution >= 0.6 is 0 Å². The third-order valence-electron chi connectivity index (χ3n) is 4.23. The van der Waals surface area contributed by atoms with Crippen molar-refractivity contribution in [2.24, 2.45) is 0 Å². The summed E-state index contributed by atoms with van der Waals surface area (Å²) in [4.78, 5) is 24.4. The molecule has 2 rings (SSSR count). The lowest BCUT2D eigenvalue weighted by Crippen LogP contribution is -2.25. The highest BCUT2D eigenvalue weighted by atomic mass is 16.5. The highest BCUT2D eigenvalue weighted by Gasteiger charge is 2.14. The van der Waals surface area contributed by atoms with E-state index in [1.165, 1.54) is 5.56 Å². The molecule has 0 fully saturated rings. The van der Waals surface area contributed by atoms with E-state index in [1.807, 2.05) is 24.3 Å². The van der Waals surface area contributed by atoms with Gasteiger partial charge in [0.15, 0.2) is 0 Å². The summed E-state index contributed by atoms with van der Waals surface area (Å²) in [6.07, 6.45) is 0.768. The fourth-order valence-corrected chi connectivity index (χ4v) is 2.55. The van der Waals surface area contributed by atoms with Crippen molar-refractivity contribution in [2.45, 2.75) is 32.6 Å². The first-order chi connectivity index (χ1) is 12.8. The number of methoxy groups -OCH3 is 1. The van der Waals surface area contributed by atoms with E-state index < -0.39 is 0 Å². The number of anilines is 1. The molecular weight excluding hydrogens is 340 g/mol. The van der Waals surface area contributed by atoms with E-state index in [2.05, 4.69) is 31.4 Å². The molecule has 0 spiro atoms. The van der Waals surface area contributed by atoms with Crippen LogP contribution in [0.1, 0.15) is 53.5 Å². The largest absolute Gasteiger partial charge is 0.385 e. The van der Waals surface area contributed by atoms with Crippen LogP contribution in [0.3, 0.4) is 0 Å². The van der Waals surface area contributed by atoms with Gasteiger partial charge >= 0.3 is 0 Å². The van der Waals surface area contributed by atoms with Gasteiger partial charge in [0, 0.05) is 37.1 Å². The molecule has 5 nitrogen and oxygen atoms in total. The highest BCUT2D eigenvalue weighted by molar-refractivity contribution is 6.04. The highest BCUT2D eigenvalue weighted by Crippen LogP contribution is 2.22. The number of rotatable bonds is 7. The van der Waals surface area contributed by atoms with Crippen LogP contribution < -0.4 is 10.6 Å². The molecule has 0 aromatic heterocycles. The molecule has 0 aliphatic carbocycles. The molecule has 0 saturated heterocycles. The number of carbonyl (C=O) groups excluding carboxylic acids is 2. The number of benzene rings is 2. The molecule has 2 aromatic carbocycles. The number of hydrogen-bond acceptors (Lipinski definition) is 3. The molecule has 0 aliphatic heterocycles. The molecular formula is C22H28N2O3. The van der Waals surface area contributed by atoms with Crippen LogP contribution in [0.4, 0.5) is 5.69 Å². The smallest absolute Gasteiger partial charge is 0.255 e. The summed E-state index contributed by atoms with van der Waals surface area (Å²) >= 11 is 0. The van der Waals surface area contributed by atoms with Gasteiger partial charge in [0.25, 0.3) is 11.8 Å². The topological polar surface area (TPSA) is 67.4 Å². The van der Waals surface area contributed by atoms with Crippen LogP contribution in [0, 0.1) is 0 Å². The van der Waals surface area contributed by atoms with Gasteiger partial charge in [-0.3, -0.25) is 9.59 Å². The van der Waals surface area contributed by atoms with Crippen LogP contribution in [0.5, 0.6) is 0 Å². The Morgan fingerprint density at radius 2 is 1.44 bits per heavy atom. The van der Waals surface area contributed by atoms with Gasteiger partial charge in [-0.05, 0) is 53.8 Å². The Labute approximate surface area is 161 Å². The summed E-state index contributed by atoms with van der Waals surface area (Å²) in [7, 11) is 1.63. The van der Waals surface area contributed by atoms with E-state index in [1.54, 1.807) is 31.4 Å². The molecule has 5 heteroatoms. The van der Waals surface area contributed by atoms with Crippen molar-refractivity contribution in [2.75, 3.05) is 25.6 Å². The van der Waals surface area contributed by atoms with Crippen molar-refractivity contribution in [3.05, 3.63) is 65.2 Å². The first-order valence-electron chi connectivity index (χ1n) is 9.10. The zero-order valence-electron chi connectivity index (χ0n) is 16.5. The Kier molecular flexibility index (Phi) is 7.13. The fraction of sp³-hybridized carbons (Fsp3) is 0.364. The lowest BCUT2D eigenvalue weighted by atomic mass is 9.87. The molecule has 0 atom stereocenters. The standard InChI is InChI=1S/C22H28N2O3/c1-22(2,3)18-10-6-17(7-11-18)21(26)24-19-12-8-16(9-13-19)20(25)23-14-5-15-27-4/h6-13H,5,14-15H2,1-4H3,(H,23,25)(H,24,26). The average Bonchev–Trinajstić information content (AvgIpc) is 2.65. The predicted molar refractivity (Wildman–Crippen MR) is 108 cm³/mol. The molecule has 2 amide bonds. The van der Waals surface area contributed by atoms with Gasteiger partial charge in [-0.25, -0.2) is 0 Å². The second-order valence-electron chi connectivity index (χ2n) is 7.46. The molecule has 144 valence electrons. The second kappa shape index (κ2) is 9.33. The number of carbonyl (C=O) groups is 2. The summed E-state index contributed by atoms with van der Waals surface area (Å²) in [5.74, 6) is -0.311. The minimum absolute atomic E-state index is 0.0506. The summed E-state index contributed by atoms with van der Waals surface area (Å²) in [6, 6.07) is 14.5. The summed E-state index contributed by atoms with van der Waals surface area (Å²) in [5.41, 5.74) is 3.04. The lowest BCUT2D eigenvalue weighted by Gasteiger charge is -2.19. The summed E-state index contributed by atoms with van der Waals surface area (Å²) in [6.45, 7) is 7.59. The van der Waals surface area contributed by atoms with Crippen molar-refractivity contribution >= 4 is 17.5 Å². The number of nitrogens with one attached hydrogen (secondary N) is 2. The van der Waals surface area contributed by atoms with E-state index in [0.29, 0.717) is 30.0 Å². The van der Waals surface area contributed by atoms with Crippen LogP contribution in [-0.4, -0.2) is 32.1 Å². The number of ether oxygens (including phenoxy) is 1. The van der Waals surface area contributed by atoms with Crippen molar-refractivity contribution in [1.82, 2.24) is 5.32 Å². The van der Waals surface area contributed by atoms with Gasteiger partial charge in [-0.2, -0.15) is 0 Å². The lowest BCUT2D eigenvalue weighted by molar-refractivity contribution is 0.0948. The maximum Gasteiger partial charge on any atom is 0.255 e. The molecule has 27 heavy (non-hydrogen) atoms. The Balaban J connectivity index is 1.93.